The lowest BCUT2D eigenvalue weighted by atomic mass is 9.97. The van der Waals surface area contributed by atoms with Gasteiger partial charge in [-0.2, -0.15) is 5.10 Å². The molecule has 0 radical (unpaired) electrons. The van der Waals surface area contributed by atoms with E-state index in [0.717, 1.165) is 36.7 Å². The zero-order valence-electron chi connectivity index (χ0n) is 19.6. The minimum absolute atomic E-state index is 0.0577. The van der Waals surface area contributed by atoms with Gasteiger partial charge in [0.25, 0.3) is 0 Å². The molecule has 176 valence electrons. The second-order valence-electron chi connectivity index (χ2n) is 9.48. The Balaban J connectivity index is 1.10. The van der Waals surface area contributed by atoms with Crippen LogP contribution in [0.4, 0.5) is 5.69 Å². The van der Waals surface area contributed by atoms with E-state index in [1.807, 2.05) is 11.0 Å². The van der Waals surface area contributed by atoms with Crippen LogP contribution in [0.1, 0.15) is 41.1 Å². The van der Waals surface area contributed by atoms with Crippen LogP contribution in [0.25, 0.3) is 0 Å². The van der Waals surface area contributed by atoms with Crippen LogP contribution in [-0.4, -0.2) is 45.5 Å². The summed E-state index contributed by atoms with van der Waals surface area (Å²) in [6.45, 7) is 5.11. The molecule has 4 aliphatic rings. The second kappa shape index (κ2) is 8.67. The largest absolute Gasteiger partial charge is 0.311 e. The molecule has 3 unspecified atom stereocenters. The third-order valence-electron chi connectivity index (χ3n) is 7.37. The molecule has 0 saturated carbocycles. The molecule has 2 aromatic carbocycles. The fourth-order valence-corrected chi connectivity index (χ4v) is 6.19. The number of fused-ring (bicyclic) bond motifs is 4. The highest BCUT2D eigenvalue weighted by atomic mass is 32.2. The van der Waals surface area contributed by atoms with Crippen LogP contribution in [0.5, 0.6) is 0 Å². The van der Waals surface area contributed by atoms with Gasteiger partial charge in [-0.05, 0) is 61.4 Å². The molecule has 1 amide bonds. The van der Waals surface area contributed by atoms with Gasteiger partial charge in [-0.25, -0.2) is 5.43 Å². The number of nitrogens with one attached hydrogen (secondary N) is 2. The number of amidine groups is 1. The van der Waals surface area contributed by atoms with E-state index >= 15 is 0 Å². The monoisotopic (exact) mass is 474 g/mol. The van der Waals surface area contributed by atoms with Gasteiger partial charge in [-0.15, -0.1) is 0 Å². The van der Waals surface area contributed by atoms with E-state index in [4.69, 9.17) is 0 Å². The zero-order valence-corrected chi connectivity index (χ0v) is 20.4. The number of rotatable bonds is 3. The first kappa shape index (κ1) is 21.6. The standard InChI is InChI=1S/C26H30N6OS/c1-17-9-10-20(14-18(17)2)21-15-23-25-27-28-26(31(25)12-13-32(23)29-21)34-16-24(33)30-11-5-7-19-6-3-4-8-22(19)30/h3-4,6,8-10,12-14,21,23,25,27,29H,5,7,11,15-16H2,1-2H3. The molecular formula is C26H30N6OS. The molecule has 6 rings (SSSR count). The van der Waals surface area contributed by atoms with Gasteiger partial charge in [0.2, 0.25) is 5.91 Å². The van der Waals surface area contributed by atoms with Crippen molar-refractivity contribution in [2.75, 3.05) is 17.2 Å². The van der Waals surface area contributed by atoms with E-state index in [0.29, 0.717) is 5.75 Å². The molecule has 2 N–H and O–H groups in total. The molecule has 2 aromatic rings. The summed E-state index contributed by atoms with van der Waals surface area (Å²) in [6.07, 6.45) is 7.25. The van der Waals surface area contributed by atoms with Crippen LogP contribution in [0, 0.1) is 13.8 Å². The number of carbonyl (C=O) groups is 1. The molecular weight excluding hydrogens is 444 g/mol. The number of para-hydroxylation sites is 1. The summed E-state index contributed by atoms with van der Waals surface area (Å²) in [5, 5.41) is 7.66. The highest BCUT2D eigenvalue weighted by Crippen LogP contribution is 2.36. The third-order valence-corrected chi connectivity index (χ3v) is 8.33. The number of aryl methyl sites for hydroxylation is 3. The molecule has 8 heteroatoms. The lowest BCUT2D eigenvalue weighted by Gasteiger charge is -2.36. The highest BCUT2D eigenvalue weighted by molar-refractivity contribution is 8.14. The van der Waals surface area contributed by atoms with Gasteiger partial charge in [-0.1, -0.05) is 48.2 Å². The van der Waals surface area contributed by atoms with Crippen molar-refractivity contribution in [1.82, 2.24) is 20.8 Å². The summed E-state index contributed by atoms with van der Waals surface area (Å²) in [5.41, 5.74) is 13.3. The quantitative estimate of drug-likeness (QED) is 0.709. The molecule has 34 heavy (non-hydrogen) atoms. The average Bonchev–Trinajstić information content (AvgIpc) is 3.48. The van der Waals surface area contributed by atoms with E-state index in [9.17, 15) is 4.79 Å². The van der Waals surface area contributed by atoms with E-state index in [1.165, 1.54) is 34.0 Å². The first-order valence-electron chi connectivity index (χ1n) is 12.0. The number of benzene rings is 2. The van der Waals surface area contributed by atoms with Crippen molar-refractivity contribution in [2.45, 2.75) is 51.4 Å². The van der Waals surface area contributed by atoms with Crippen molar-refractivity contribution in [3.8, 4) is 0 Å². The number of amides is 1. The Bertz CT molecular complexity index is 1180. The second-order valence-corrected chi connectivity index (χ2v) is 10.4. The summed E-state index contributed by atoms with van der Waals surface area (Å²) < 4.78 is 0. The van der Waals surface area contributed by atoms with Gasteiger partial charge in [0.05, 0.1) is 17.8 Å². The maximum Gasteiger partial charge on any atom is 0.237 e. The van der Waals surface area contributed by atoms with Gasteiger partial charge < -0.3 is 14.8 Å². The fourth-order valence-electron chi connectivity index (χ4n) is 5.35. The Kier molecular flexibility index (Phi) is 5.50. The molecule has 7 nitrogen and oxygen atoms in total. The van der Waals surface area contributed by atoms with E-state index in [1.54, 1.807) is 0 Å². The van der Waals surface area contributed by atoms with Crippen LogP contribution >= 0.6 is 11.8 Å². The van der Waals surface area contributed by atoms with Crippen molar-refractivity contribution >= 4 is 28.5 Å². The molecule has 4 aliphatic heterocycles. The number of thioether (sulfide) groups is 1. The summed E-state index contributed by atoms with van der Waals surface area (Å²) >= 11 is 1.51. The third kappa shape index (κ3) is 3.75. The van der Waals surface area contributed by atoms with Crippen LogP contribution < -0.4 is 15.8 Å². The SMILES string of the molecule is Cc1ccc(C2CC3C4NN=C(SCC(=O)N5CCCc6ccccc65)N4C=CN3N2)cc1C. The van der Waals surface area contributed by atoms with Crippen LogP contribution in [-0.2, 0) is 11.2 Å². The Hall–Kier alpha value is -2.97. The minimum Gasteiger partial charge on any atom is -0.311 e. The van der Waals surface area contributed by atoms with Crippen molar-refractivity contribution in [3.05, 3.63) is 77.1 Å². The summed E-state index contributed by atoms with van der Waals surface area (Å²) in [7, 11) is 0. The normalized spacial score (nSPS) is 24.9. The van der Waals surface area contributed by atoms with Crippen LogP contribution in [0.3, 0.4) is 0 Å². The maximum atomic E-state index is 13.1. The molecule has 0 aliphatic carbocycles. The van der Waals surface area contributed by atoms with Crippen LogP contribution in [0.2, 0.25) is 0 Å². The van der Waals surface area contributed by atoms with Crippen molar-refractivity contribution in [3.63, 3.8) is 0 Å². The smallest absolute Gasteiger partial charge is 0.237 e. The van der Waals surface area contributed by atoms with Crippen LogP contribution in [0.15, 0.2) is 60.0 Å². The first-order chi connectivity index (χ1) is 16.6. The van der Waals surface area contributed by atoms with Crippen molar-refractivity contribution in [2.24, 2.45) is 5.10 Å². The molecule has 4 heterocycles. The lowest BCUT2D eigenvalue weighted by Crippen LogP contribution is -2.54. The average molecular weight is 475 g/mol. The number of anilines is 1. The molecule has 0 spiro atoms. The van der Waals surface area contributed by atoms with Crippen molar-refractivity contribution in [1.29, 1.82) is 0 Å². The molecule has 1 fully saturated rings. The zero-order chi connectivity index (χ0) is 23.2. The van der Waals surface area contributed by atoms with Gasteiger partial charge in [0.1, 0.15) is 6.17 Å². The van der Waals surface area contributed by atoms with E-state index < -0.39 is 0 Å². The lowest BCUT2D eigenvalue weighted by molar-refractivity contribution is -0.116. The van der Waals surface area contributed by atoms with Gasteiger partial charge >= 0.3 is 0 Å². The van der Waals surface area contributed by atoms with Gasteiger partial charge in [-0.3, -0.25) is 10.2 Å². The number of hydrazine groups is 1. The Morgan fingerprint density at radius 2 is 2.03 bits per heavy atom. The summed E-state index contributed by atoms with van der Waals surface area (Å²) in [6, 6.07) is 15.5. The predicted molar refractivity (Wildman–Crippen MR) is 137 cm³/mol. The highest BCUT2D eigenvalue weighted by Gasteiger charge is 2.44. The predicted octanol–water partition coefficient (Wildman–Crippen LogP) is 3.62. The Morgan fingerprint density at radius 3 is 2.91 bits per heavy atom. The fraction of sp³-hybridized carbons (Fsp3) is 0.385. The summed E-state index contributed by atoms with van der Waals surface area (Å²) in [5.74, 6) is 0.521. The molecule has 1 saturated heterocycles. The number of hydrazone groups is 1. The maximum absolute atomic E-state index is 13.1. The number of hydrogen-bond acceptors (Lipinski definition) is 7. The summed E-state index contributed by atoms with van der Waals surface area (Å²) in [4.78, 5) is 17.2. The molecule has 0 aromatic heterocycles. The topological polar surface area (TPSA) is 63.2 Å². The Morgan fingerprint density at radius 1 is 1.15 bits per heavy atom. The minimum atomic E-state index is 0.0577. The molecule has 0 bridgehead atoms. The van der Waals surface area contributed by atoms with Gasteiger partial charge in [0, 0.05) is 24.6 Å². The first-order valence-corrected chi connectivity index (χ1v) is 13.0. The Labute approximate surface area is 204 Å². The van der Waals surface area contributed by atoms with Gasteiger partial charge in [0.15, 0.2) is 5.17 Å². The number of hydrogen-bond donors (Lipinski definition) is 2. The number of carbonyl (C=O) groups excluding carboxylic acids is 1. The van der Waals surface area contributed by atoms with E-state index in [-0.39, 0.29) is 24.2 Å². The van der Waals surface area contributed by atoms with Crippen molar-refractivity contribution < 1.29 is 4.79 Å². The van der Waals surface area contributed by atoms with E-state index in [2.05, 4.69) is 88.5 Å². The number of nitrogens with zero attached hydrogens (tertiary/aromatic N) is 4. The molecule has 3 atom stereocenters.